The van der Waals surface area contributed by atoms with E-state index in [0.29, 0.717) is 11.1 Å². The largest absolute Gasteiger partial charge is 0.468 e. The molecule has 1 aliphatic heterocycles. The number of carbonyl (C=O) groups is 1. The molecule has 1 heterocycles. The van der Waals surface area contributed by atoms with Crippen LogP contribution < -0.4 is 0 Å². The molecule has 8 nitrogen and oxygen atoms in total. The van der Waals surface area contributed by atoms with Gasteiger partial charge in [0.05, 0.1) is 24.5 Å². The van der Waals surface area contributed by atoms with E-state index in [1.165, 1.54) is 36.4 Å². The zero-order valence-electron chi connectivity index (χ0n) is 27.7. The van der Waals surface area contributed by atoms with Crippen LogP contribution in [0.5, 0.6) is 0 Å². The summed E-state index contributed by atoms with van der Waals surface area (Å²) in [7, 11) is 0. The van der Waals surface area contributed by atoms with Crippen LogP contribution in [0.4, 0.5) is 32.0 Å². The first-order chi connectivity index (χ1) is 24.9. The number of hydrogen-bond acceptors (Lipinski definition) is 8. The molecule has 5 rings (SSSR count). The molecule has 0 bridgehead atoms. The summed E-state index contributed by atoms with van der Waals surface area (Å²) in [4.78, 5) is 20.0. The second-order valence-corrected chi connectivity index (χ2v) is 11.6. The Morgan fingerprint density at radius 2 is 1.29 bits per heavy atom. The molecule has 1 fully saturated rings. The van der Waals surface area contributed by atoms with E-state index >= 15 is 0 Å². The van der Waals surface area contributed by atoms with Gasteiger partial charge in [0.25, 0.3) is 5.90 Å². The van der Waals surface area contributed by atoms with Crippen LogP contribution in [-0.4, -0.2) is 61.5 Å². The van der Waals surface area contributed by atoms with Gasteiger partial charge in [-0.15, -0.1) is 0 Å². The molecule has 1 aliphatic rings. The number of para-hydroxylation sites is 1. The Morgan fingerprint density at radius 1 is 0.750 bits per heavy atom. The molecule has 14 heteroatoms. The van der Waals surface area contributed by atoms with Gasteiger partial charge >= 0.3 is 18.3 Å². The maximum atomic E-state index is 14.5. The van der Waals surface area contributed by atoms with Gasteiger partial charge in [0.15, 0.2) is 0 Å². The van der Waals surface area contributed by atoms with Crippen molar-refractivity contribution in [3.63, 3.8) is 0 Å². The number of hydrogen-bond donors (Lipinski definition) is 0. The Labute approximate surface area is 295 Å². The standard InChI is InChI=1S/C38H34F6N2O6/c1-25(47)48-24-31-33(49-22-26-13-5-2-6-14-26)34(50-23-27-15-7-3-8-16-27)32(45-21-28-17-11-12-20-30(28)37(39,40)41)35(51-31)52-36(38(42,43)44)46-29-18-9-4-10-19-29/h2-21,31-35H,22-24H2,1H3/t31-,32-,33-,34-,35?/m1/s1. The second-order valence-electron chi connectivity index (χ2n) is 11.6. The van der Waals surface area contributed by atoms with Crippen molar-refractivity contribution in [3.05, 3.63) is 138 Å². The predicted molar refractivity (Wildman–Crippen MR) is 179 cm³/mol. The fourth-order valence-corrected chi connectivity index (χ4v) is 5.33. The van der Waals surface area contributed by atoms with E-state index in [9.17, 15) is 31.1 Å². The summed E-state index contributed by atoms with van der Waals surface area (Å²) in [6, 6.07) is 27.8. The van der Waals surface area contributed by atoms with E-state index in [2.05, 4.69) is 9.98 Å². The monoisotopic (exact) mass is 728 g/mol. The summed E-state index contributed by atoms with van der Waals surface area (Å²) < 4.78 is 115. The first-order valence-corrected chi connectivity index (χ1v) is 16.1. The molecule has 4 aromatic carbocycles. The lowest BCUT2D eigenvalue weighted by Gasteiger charge is -2.44. The number of alkyl halides is 6. The van der Waals surface area contributed by atoms with Crippen LogP contribution in [0, 0.1) is 0 Å². The number of ether oxygens (including phenoxy) is 5. The second kappa shape index (κ2) is 17.4. The number of esters is 1. The lowest BCUT2D eigenvalue weighted by atomic mass is 9.96. The van der Waals surface area contributed by atoms with E-state index < -0.39 is 67.0 Å². The molecule has 0 radical (unpaired) electrons. The lowest BCUT2D eigenvalue weighted by molar-refractivity contribution is -0.271. The van der Waals surface area contributed by atoms with E-state index in [1.807, 2.05) is 0 Å². The molecule has 52 heavy (non-hydrogen) atoms. The van der Waals surface area contributed by atoms with Crippen LogP contribution in [0.15, 0.2) is 125 Å². The van der Waals surface area contributed by atoms with Gasteiger partial charge in [-0.1, -0.05) is 97.1 Å². The van der Waals surface area contributed by atoms with Crippen LogP contribution in [0.2, 0.25) is 0 Å². The zero-order chi connectivity index (χ0) is 37.1. The first kappa shape index (κ1) is 38.2. The Morgan fingerprint density at radius 3 is 1.85 bits per heavy atom. The first-order valence-electron chi connectivity index (χ1n) is 16.1. The lowest BCUT2D eigenvalue weighted by Crippen LogP contribution is -2.61. The third-order valence-corrected chi connectivity index (χ3v) is 7.75. The van der Waals surface area contributed by atoms with Crippen LogP contribution in [0.25, 0.3) is 0 Å². The van der Waals surface area contributed by atoms with E-state index in [-0.39, 0.29) is 24.5 Å². The minimum Gasteiger partial charge on any atom is -0.463 e. The zero-order valence-corrected chi connectivity index (χ0v) is 27.7. The highest BCUT2D eigenvalue weighted by Gasteiger charge is 2.52. The summed E-state index contributed by atoms with van der Waals surface area (Å²) in [6.07, 6.45) is -14.8. The highest BCUT2D eigenvalue weighted by Crippen LogP contribution is 2.35. The highest BCUT2D eigenvalue weighted by molar-refractivity contribution is 5.85. The Hall–Kier alpha value is -5.05. The van der Waals surface area contributed by atoms with E-state index in [1.54, 1.807) is 66.7 Å². The topological polar surface area (TPSA) is 87.9 Å². The maximum Gasteiger partial charge on any atom is 0.468 e. The molecule has 4 aromatic rings. The van der Waals surface area contributed by atoms with Gasteiger partial charge in [0.1, 0.15) is 31.0 Å². The molecule has 0 saturated carbocycles. The molecule has 1 saturated heterocycles. The maximum absolute atomic E-state index is 14.5. The van der Waals surface area contributed by atoms with Gasteiger partial charge in [-0.25, -0.2) is 4.99 Å². The van der Waals surface area contributed by atoms with Crippen molar-refractivity contribution in [1.29, 1.82) is 0 Å². The molecule has 5 atom stereocenters. The number of nitrogens with zero attached hydrogens (tertiary/aromatic N) is 2. The number of halogens is 6. The number of carbonyl (C=O) groups excluding carboxylic acids is 1. The van der Waals surface area contributed by atoms with Gasteiger partial charge in [0, 0.05) is 18.7 Å². The SMILES string of the molecule is CC(=O)OC[C@H]1OC(OC(=Nc2ccccc2)C(F)(F)F)[C@H](N=Cc2ccccc2C(F)(F)F)[C@@H](OCc2ccccc2)[C@@H]1OCc1ccccc1. The van der Waals surface area contributed by atoms with Crippen molar-refractivity contribution < 1.29 is 54.8 Å². The number of aliphatic imine (C=N–C) groups is 2. The molecule has 0 spiro atoms. The van der Waals surface area contributed by atoms with E-state index in [4.69, 9.17) is 23.7 Å². The molecule has 0 amide bonds. The summed E-state index contributed by atoms with van der Waals surface area (Å²) in [6.45, 7) is 0.488. The Balaban J connectivity index is 1.62. The van der Waals surface area contributed by atoms with Gasteiger partial charge < -0.3 is 23.7 Å². The summed E-state index contributed by atoms with van der Waals surface area (Å²) >= 11 is 0. The average molecular weight is 729 g/mol. The molecule has 1 unspecified atom stereocenters. The summed E-state index contributed by atoms with van der Waals surface area (Å²) in [5.41, 5.74) is -0.115. The smallest absolute Gasteiger partial charge is 0.463 e. The molecule has 0 aromatic heterocycles. The van der Waals surface area contributed by atoms with Crippen molar-refractivity contribution in [3.8, 4) is 0 Å². The minimum absolute atomic E-state index is 0.0429. The predicted octanol–water partition coefficient (Wildman–Crippen LogP) is 8.26. The summed E-state index contributed by atoms with van der Waals surface area (Å²) in [5, 5.41) is 0. The van der Waals surface area contributed by atoms with Crippen molar-refractivity contribution in [2.24, 2.45) is 9.98 Å². The third-order valence-electron chi connectivity index (χ3n) is 7.75. The number of rotatable bonds is 12. The van der Waals surface area contributed by atoms with E-state index in [0.717, 1.165) is 25.3 Å². The molecule has 0 aliphatic carbocycles. The van der Waals surface area contributed by atoms with Gasteiger partial charge in [-0.05, 0) is 29.3 Å². The van der Waals surface area contributed by atoms with Crippen LogP contribution in [0.3, 0.4) is 0 Å². The highest BCUT2D eigenvalue weighted by atomic mass is 19.4. The normalized spacial score (nSPS) is 21.2. The van der Waals surface area contributed by atoms with Crippen LogP contribution >= 0.6 is 0 Å². The Kier molecular flexibility index (Phi) is 12.8. The Bertz CT molecular complexity index is 1790. The quantitative estimate of drug-likeness (QED) is 0.0632. The van der Waals surface area contributed by atoms with Gasteiger partial charge in [-0.3, -0.25) is 9.79 Å². The van der Waals surface area contributed by atoms with Gasteiger partial charge in [0.2, 0.25) is 6.29 Å². The average Bonchev–Trinajstić information content (AvgIpc) is 3.12. The molecular formula is C38H34F6N2O6. The third kappa shape index (κ3) is 10.7. The number of benzene rings is 4. The van der Waals surface area contributed by atoms with Crippen molar-refractivity contribution >= 4 is 23.8 Å². The minimum atomic E-state index is -5.15. The van der Waals surface area contributed by atoms with Crippen molar-refractivity contribution in [2.75, 3.05) is 6.61 Å². The van der Waals surface area contributed by atoms with Crippen molar-refractivity contribution in [2.45, 2.75) is 63.1 Å². The molecule has 274 valence electrons. The fraction of sp³-hybridized carbons (Fsp3) is 0.289. The van der Waals surface area contributed by atoms with Gasteiger partial charge in [-0.2, -0.15) is 26.3 Å². The molecule has 0 N–H and O–H groups in total. The summed E-state index contributed by atoms with van der Waals surface area (Å²) in [5.74, 6) is -2.42. The van der Waals surface area contributed by atoms with Crippen LogP contribution in [-0.2, 0) is 47.9 Å². The molecular weight excluding hydrogens is 694 g/mol. The van der Waals surface area contributed by atoms with Crippen LogP contribution in [0.1, 0.15) is 29.2 Å². The van der Waals surface area contributed by atoms with Crippen molar-refractivity contribution in [1.82, 2.24) is 0 Å². The fourth-order valence-electron chi connectivity index (χ4n) is 5.33.